The molecule has 1 saturated heterocycles. The Labute approximate surface area is 198 Å². The van der Waals surface area contributed by atoms with Gasteiger partial charge in [0.15, 0.2) is 6.61 Å². The smallest absolute Gasteiger partial charge is 0.340 e. The van der Waals surface area contributed by atoms with Crippen LogP contribution < -0.4 is 9.64 Å². The van der Waals surface area contributed by atoms with E-state index in [9.17, 15) is 13.2 Å². The molecule has 1 aliphatic rings. The molecule has 0 bridgehead atoms. The van der Waals surface area contributed by atoms with Crippen LogP contribution in [-0.2, 0) is 21.4 Å². The molecule has 0 radical (unpaired) electrons. The molecule has 2 aromatic carbocycles. The number of rotatable bonds is 8. The van der Waals surface area contributed by atoms with Crippen LogP contribution in [0.15, 0.2) is 51.9 Å². The minimum atomic E-state index is -3.72. The van der Waals surface area contributed by atoms with Crippen LogP contribution in [0.3, 0.4) is 0 Å². The highest BCUT2D eigenvalue weighted by atomic mass is 32.2. The Morgan fingerprint density at radius 1 is 1.15 bits per heavy atom. The van der Waals surface area contributed by atoms with E-state index in [1.165, 1.54) is 26.2 Å². The van der Waals surface area contributed by atoms with E-state index in [0.717, 1.165) is 30.2 Å². The molecule has 2 heterocycles. The fourth-order valence-electron chi connectivity index (χ4n) is 3.68. The summed E-state index contributed by atoms with van der Waals surface area (Å²) in [7, 11) is 0.731. The Morgan fingerprint density at radius 3 is 2.62 bits per heavy atom. The topological polar surface area (TPSA) is 115 Å². The summed E-state index contributed by atoms with van der Waals surface area (Å²) in [4.78, 5) is 19.4. The molecule has 3 aromatic rings. The number of nitrogens with zero attached hydrogens (tertiary/aromatic N) is 4. The Kier molecular flexibility index (Phi) is 6.85. The minimum Gasteiger partial charge on any atom is -0.497 e. The zero-order valence-corrected chi connectivity index (χ0v) is 20.0. The highest BCUT2D eigenvalue weighted by molar-refractivity contribution is 7.89. The van der Waals surface area contributed by atoms with Gasteiger partial charge in [-0.05, 0) is 43.2 Å². The van der Waals surface area contributed by atoms with Crippen molar-refractivity contribution in [3.8, 4) is 17.1 Å². The zero-order chi connectivity index (χ0) is 24.3. The van der Waals surface area contributed by atoms with Gasteiger partial charge in [-0.25, -0.2) is 17.5 Å². The number of hydrogen-bond acceptors (Lipinski definition) is 9. The third-order valence-electron chi connectivity index (χ3n) is 5.54. The molecule has 1 aromatic heterocycles. The van der Waals surface area contributed by atoms with Gasteiger partial charge in [-0.15, -0.1) is 0 Å². The lowest BCUT2D eigenvalue weighted by molar-refractivity contribution is 0.0430. The molecule has 0 aliphatic carbocycles. The van der Waals surface area contributed by atoms with Crippen LogP contribution in [-0.4, -0.2) is 63.1 Å². The number of anilines is 1. The Bertz CT molecular complexity index is 1280. The molecule has 0 spiro atoms. The van der Waals surface area contributed by atoms with Gasteiger partial charge in [0, 0.05) is 32.7 Å². The highest BCUT2D eigenvalue weighted by Crippen LogP contribution is 2.29. The largest absolute Gasteiger partial charge is 0.497 e. The van der Waals surface area contributed by atoms with Crippen LogP contribution in [0.25, 0.3) is 11.4 Å². The average Bonchev–Trinajstić information content (AvgIpc) is 3.54. The van der Waals surface area contributed by atoms with Gasteiger partial charge in [-0.1, -0.05) is 17.3 Å². The second kappa shape index (κ2) is 9.82. The highest BCUT2D eigenvalue weighted by Gasteiger charge is 2.25. The predicted molar refractivity (Wildman–Crippen MR) is 124 cm³/mol. The average molecular weight is 487 g/mol. The van der Waals surface area contributed by atoms with Crippen LogP contribution in [0.2, 0.25) is 0 Å². The van der Waals surface area contributed by atoms with Crippen molar-refractivity contribution in [2.45, 2.75) is 24.3 Å². The van der Waals surface area contributed by atoms with Gasteiger partial charge in [0.2, 0.25) is 15.8 Å². The summed E-state index contributed by atoms with van der Waals surface area (Å²) in [5.41, 5.74) is 1.51. The van der Waals surface area contributed by atoms with Crippen LogP contribution in [0, 0.1) is 0 Å². The Morgan fingerprint density at radius 2 is 1.91 bits per heavy atom. The summed E-state index contributed by atoms with van der Waals surface area (Å²) in [6, 6.07) is 11.7. The summed E-state index contributed by atoms with van der Waals surface area (Å²) in [5.74, 6) is 0.434. The van der Waals surface area contributed by atoms with Gasteiger partial charge < -0.3 is 18.9 Å². The molecule has 180 valence electrons. The normalized spacial score (nSPS) is 13.9. The van der Waals surface area contributed by atoms with E-state index in [1.54, 1.807) is 31.4 Å². The summed E-state index contributed by atoms with van der Waals surface area (Å²) in [5, 5.41) is 3.93. The quantitative estimate of drug-likeness (QED) is 0.443. The summed E-state index contributed by atoms with van der Waals surface area (Å²) in [6.07, 6.45) is 2.00. The summed E-state index contributed by atoms with van der Waals surface area (Å²) >= 11 is 0. The zero-order valence-electron chi connectivity index (χ0n) is 19.2. The van der Waals surface area contributed by atoms with E-state index in [0.29, 0.717) is 22.8 Å². The first kappa shape index (κ1) is 23.7. The number of methoxy groups -OCH3 is 1. The van der Waals surface area contributed by atoms with E-state index in [1.807, 2.05) is 6.07 Å². The standard InChI is InChI=1S/C23H26N4O6S/c1-26(2)34(29,30)18-9-10-20(27-11-4-5-12-27)19(14-18)23(28)32-15-21-24-22(25-33-21)16-7-6-8-17(13-16)31-3/h6-10,13-14H,4-5,11-12,15H2,1-3H3. The molecule has 0 unspecified atom stereocenters. The number of aromatic nitrogens is 2. The maximum absolute atomic E-state index is 13.0. The van der Waals surface area contributed by atoms with Crippen LogP contribution >= 0.6 is 0 Å². The molecule has 1 fully saturated rings. The van der Waals surface area contributed by atoms with Crippen LogP contribution in [0.5, 0.6) is 5.75 Å². The molecule has 34 heavy (non-hydrogen) atoms. The van der Waals surface area contributed by atoms with Crippen LogP contribution in [0.4, 0.5) is 5.69 Å². The van der Waals surface area contributed by atoms with Crippen molar-refractivity contribution in [1.29, 1.82) is 0 Å². The van der Waals surface area contributed by atoms with Crippen molar-refractivity contribution in [3.63, 3.8) is 0 Å². The molecule has 0 atom stereocenters. The summed E-state index contributed by atoms with van der Waals surface area (Å²) < 4.78 is 42.2. The first-order valence-electron chi connectivity index (χ1n) is 10.8. The van der Waals surface area contributed by atoms with Gasteiger partial charge in [0.1, 0.15) is 5.75 Å². The van der Waals surface area contributed by atoms with Crippen molar-refractivity contribution >= 4 is 21.7 Å². The van der Waals surface area contributed by atoms with Crippen molar-refractivity contribution < 1.29 is 27.2 Å². The number of carbonyl (C=O) groups excluding carboxylic acids is 1. The SMILES string of the molecule is COc1cccc(-c2noc(COC(=O)c3cc(S(=O)(=O)N(C)C)ccc3N3CCCC3)n2)c1. The molecule has 11 heteroatoms. The van der Waals surface area contributed by atoms with Crippen molar-refractivity contribution in [2.75, 3.05) is 39.2 Å². The molecule has 0 amide bonds. The predicted octanol–water partition coefficient (Wildman–Crippen LogP) is 2.95. The van der Waals surface area contributed by atoms with Crippen molar-refractivity contribution in [2.24, 2.45) is 0 Å². The molecule has 10 nitrogen and oxygen atoms in total. The van der Waals surface area contributed by atoms with Gasteiger partial charge in [-0.3, -0.25) is 0 Å². The molecule has 0 N–H and O–H groups in total. The molecule has 1 aliphatic heterocycles. The van der Waals surface area contributed by atoms with Crippen LogP contribution in [0.1, 0.15) is 29.1 Å². The Balaban J connectivity index is 1.55. The minimum absolute atomic E-state index is 0.0190. The fourth-order valence-corrected chi connectivity index (χ4v) is 4.61. The van der Waals surface area contributed by atoms with E-state index in [-0.39, 0.29) is 23.0 Å². The lowest BCUT2D eigenvalue weighted by atomic mass is 10.1. The van der Waals surface area contributed by atoms with Crippen molar-refractivity contribution in [1.82, 2.24) is 14.4 Å². The van der Waals surface area contributed by atoms with E-state index in [2.05, 4.69) is 15.0 Å². The molecular formula is C23H26N4O6S. The molecule has 4 rings (SSSR count). The Hall–Kier alpha value is -3.44. The third kappa shape index (κ3) is 4.90. The number of ether oxygens (including phenoxy) is 2. The first-order chi connectivity index (χ1) is 16.3. The lowest BCUT2D eigenvalue weighted by Crippen LogP contribution is -2.24. The fraction of sp³-hybridized carbons (Fsp3) is 0.348. The van der Waals surface area contributed by atoms with Crippen molar-refractivity contribution in [3.05, 3.63) is 53.9 Å². The maximum atomic E-state index is 13.0. The number of carbonyl (C=O) groups is 1. The van der Waals surface area contributed by atoms with Gasteiger partial charge in [-0.2, -0.15) is 4.98 Å². The number of hydrogen-bond donors (Lipinski definition) is 0. The van der Waals surface area contributed by atoms with E-state index >= 15 is 0 Å². The molecule has 0 saturated carbocycles. The van der Waals surface area contributed by atoms with Gasteiger partial charge >= 0.3 is 5.97 Å². The second-order valence-electron chi connectivity index (χ2n) is 7.98. The number of esters is 1. The second-order valence-corrected chi connectivity index (χ2v) is 10.1. The first-order valence-corrected chi connectivity index (χ1v) is 12.2. The summed E-state index contributed by atoms with van der Waals surface area (Å²) in [6.45, 7) is 1.32. The monoisotopic (exact) mass is 486 g/mol. The lowest BCUT2D eigenvalue weighted by Gasteiger charge is -2.22. The van der Waals surface area contributed by atoms with E-state index < -0.39 is 16.0 Å². The number of benzene rings is 2. The van der Waals surface area contributed by atoms with Gasteiger partial charge in [0.05, 0.1) is 23.3 Å². The van der Waals surface area contributed by atoms with Gasteiger partial charge in [0.25, 0.3) is 5.89 Å². The number of sulfonamides is 1. The van der Waals surface area contributed by atoms with E-state index in [4.69, 9.17) is 14.0 Å². The maximum Gasteiger partial charge on any atom is 0.340 e. The molecular weight excluding hydrogens is 460 g/mol. The third-order valence-corrected chi connectivity index (χ3v) is 7.35.